The number of hydrogen-bond acceptors (Lipinski definition) is 5. The topological polar surface area (TPSA) is 42.8 Å². The molecule has 2 aromatic heterocycles. The number of ether oxygens (including phenoxy) is 2. The molecule has 12 aromatic rings. The molecule has 0 N–H and O–H groups in total. The van der Waals surface area contributed by atoms with Gasteiger partial charge in [-0.3, -0.25) is 0 Å². The summed E-state index contributed by atoms with van der Waals surface area (Å²) in [6, 6.07) is 91.6. The van der Waals surface area contributed by atoms with E-state index in [2.05, 4.69) is 254 Å². The molecule has 7 heteroatoms. The van der Waals surface area contributed by atoms with E-state index in [1.807, 2.05) is 48.7 Å². The van der Waals surface area contributed by atoms with E-state index in [0.29, 0.717) is 23.1 Å². The minimum Gasteiger partial charge on any atom is -0.509 e. The fourth-order valence-electron chi connectivity index (χ4n) is 10.5. The van der Waals surface area contributed by atoms with Crippen LogP contribution in [0.3, 0.4) is 0 Å². The van der Waals surface area contributed by atoms with Gasteiger partial charge in [0.25, 0.3) is 0 Å². The minimum atomic E-state index is -0.101. The Bertz CT molecular complexity index is 3960. The van der Waals surface area contributed by atoms with Gasteiger partial charge in [0.15, 0.2) is 0 Å². The first-order valence-electron chi connectivity index (χ1n) is 25.7. The third kappa shape index (κ3) is 9.36. The van der Waals surface area contributed by atoms with E-state index in [-0.39, 0.29) is 26.5 Å². The molecule has 0 unspecified atom stereocenters. The van der Waals surface area contributed by atoms with Crippen molar-refractivity contribution >= 4 is 44.6 Å². The summed E-state index contributed by atoms with van der Waals surface area (Å²) in [5, 5.41) is 2.10. The van der Waals surface area contributed by atoms with Crippen LogP contribution in [0.1, 0.15) is 26.3 Å². The molecule has 0 radical (unpaired) electrons. The van der Waals surface area contributed by atoms with Gasteiger partial charge in [-0.05, 0) is 75.0 Å². The number of fused-ring (bicyclic) bond motifs is 4. The van der Waals surface area contributed by atoms with Gasteiger partial charge in [0.1, 0.15) is 17.3 Å². The minimum absolute atomic E-state index is 0. The molecule has 1 aliphatic heterocycles. The van der Waals surface area contributed by atoms with Crippen LogP contribution in [0.25, 0.3) is 72.1 Å². The first-order chi connectivity index (χ1) is 37.3. The molecular formula is C70H51N4O2Pt-3. The van der Waals surface area contributed by atoms with Crippen LogP contribution in [0.2, 0.25) is 0 Å². The van der Waals surface area contributed by atoms with Gasteiger partial charge < -0.3 is 23.8 Å². The molecule has 0 saturated carbocycles. The molecule has 376 valence electrons. The maximum Gasteiger partial charge on any atom is 0.143 e. The number of aromatic nitrogens is 2. The fourth-order valence-corrected chi connectivity index (χ4v) is 10.5. The van der Waals surface area contributed by atoms with Gasteiger partial charge in [-0.25, -0.2) is 4.98 Å². The molecule has 13 rings (SSSR count). The first kappa shape index (κ1) is 48.9. The normalized spacial score (nSPS) is 12.1. The number of nitrogens with zero attached hydrogens (tertiary/aromatic N) is 4. The summed E-state index contributed by atoms with van der Waals surface area (Å²) >= 11 is 0. The van der Waals surface area contributed by atoms with E-state index in [1.165, 1.54) is 5.56 Å². The molecule has 6 nitrogen and oxygen atoms in total. The van der Waals surface area contributed by atoms with Crippen LogP contribution in [0, 0.1) is 18.8 Å². The SMILES string of the molecule is CC(C)(C)c1cc(-c2ccccc2)c(Oc2ccnc(-n3c4[c-]c(Oc5[c-]c(N6[CH-]N(c7c(-c8ccccc8)cccc7-c7ccccc7)c7ccccc76)ccc5)ccc4c4ccccc43)c2)c(-c2ccccc2)c1.[Pt]. The van der Waals surface area contributed by atoms with Crippen molar-refractivity contribution in [2.75, 3.05) is 9.80 Å². The maximum absolute atomic E-state index is 7.14. The number of pyridine rings is 1. The van der Waals surface area contributed by atoms with Gasteiger partial charge in [0.05, 0.1) is 0 Å². The van der Waals surface area contributed by atoms with Gasteiger partial charge in [-0.2, -0.15) is 12.1 Å². The molecule has 77 heavy (non-hydrogen) atoms. The smallest absolute Gasteiger partial charge is 0.143 e. The van der Waals surface area contributed by atoms with E-state index in [4.69, 9.17) is 14.5 Å². The second kappa shape index (κ2) is 20.6. The van der Waals surface area contributed by atoms with Crippen molar-refractivity contribution in [1.82, 2.24) is 9.55 Å². The predicted molar refractivity (Wildman–Crippen MR) is 311 cm³/mol. The van der Waals surface area contributed by atoms with Crippen molar-refractivity contribution in [3.8, 4) is 73.3 Å². The number of anilines is 4. The average Bonchev–Trinajstić information content (AvgIpc) is 4.06. The largest absolute Gasteiger partial charge is 0.509 e. The van der Waals surface area contributed by atoms with Crippen molar-refractivity contribution in [3.05, 3.63) is 273 Å². The maximum atomic E-state index is 7.14. The molecule has 0 fully saturated rings. The summed E-state index contributed by atoms with van der Waals surface area (Å²) in [5.74, 6) is 3.24. The zero-order valence-electron chi connectivity index (χ0n) is 42.7. The van der Waals surface area contributed by atoms with E-state index >= 15 is 0 Å². The van der Waals surface area contributed by atoms with E-state index < -0.39 is 0 Å². The van der Waals surface area contributed by atoms with Gasteiger partial charge in [-0.15, -0.1) is 48.1 Å². The van der Waals surface area contributed by atoms with Crippen molar-refractivity contribution in [2.45, 2.75) is 26.2 Å². The summed E-state index contributed by atoms with van der Waals surface area (Å²) in [7, 11) is 0. The first-order valence-corrected chi connectivity index (χ1v) is 25.7. The molecule has 0 bridgehead atoms. The van der Waals surface area contributed by atoms with Crippen molar-refractivity contribution in [2.24, 2.45) is 0 Å². The van der Waals surface area contributed by atoms with Crippen LogP contribution < -0.4 is 19.3 Å². The molecule has 1 aliphatic rings. The number of para-hydroxylation sites is 4. The van der Waals surface area contributed by atoms with E-state index in [9.17, 15) is 0 Å². The second-order valence-corrected chi connectivity index (χ2v) is 20.1. The standard InChI is InChI=1S/C70H51N4O2.Pt/c1-70(2,3)52-42-61(50-26-12-6-13-27-50)69(62(43-52)51-28-14-7-15-29-51)76-56-40-41-71-67(46-56)74-63-35-17-16-32-59(63)60-39-38-55(45-66(60)74)75-54-31-20-30-53(44-54)72-47-73(65-37-19-18-36-64(65)72)68-57(48-22-8-4-9-23-48)33-21-34-58(68)49-24-10-5-11-25-49;/h4-43,46-47H,1-3H3;/q-3;. The molecule has 0 aliphatic carbocycles. The van der Waals surface area contributed by atoms with Crippen LogP contribution >= 0.6 is 0 Å². The van der Waals surface area contributed by atoms with Crippen LogP contribution in [0.5, 0.6) is 23.0 Å². The summed E-state index contributed by atoms with van der Waals surface area (Å²) in [5.41, 5.74) is 15.7. The summed E-state index contributed by atoms with van der Waals surface area (Å²) in [6.07, 6.45) is 1.82. The number of hydrogen-bond donors (Lipinski definition) is 0. The molecule has 10 aromatic carbocycles. The zero-order chi connectivity index (χ0) is 51.2. The number of benzene rings is 10. The third-order valence-corrected chi connectivity index (χ3v) is 14.2. The van der Waals surface area contributed by atoms with E-state index in [1.54, 1.807) is 0 Å². The van der Waals surface area contributed by atoms with E-state index in [0.717, 1.165) is 94.8 Å². The number of rotatable bonds is 11. The Morgan fingerprint density at radius 2 is 0.987 bits per heavy atom. The van der Waals surface area contributed by atoms with Crippen LogP contribution in [0.15, 0.2) is 249 Å². The summed E-state index contributed by atoms with van der Waals surface area (Å²) in [6.45, 7) is 8.93. The molecule has 0 atom stereocenters. The van der Waals surface area contributed by atoms with Gasteiger partial charge in [0, 0.05) is 89.7 Å². The molecule has 0 spiro atoms. The Labute approximate surface area is 464 Å². The van der Waals surface area contributed by atoms with Gasteiger partial charge >= 0.3 is 0 Å². The molecular weight excluding hydrogens is 1120 g/mol. The Balaban J connectivity index is 0.00000596. The molecule has 0 saturated heterocycles. The second-order valence-electron chi connectivity index (χ2n) is 20.1. The molecule has 3 heterocycles. The van der Waals surface area contributed by atoms with Crippen molar-refractivity contribution in [3.63, 3.8) is 0 Å². The average molecular weight is 1180 g/mol. The van der Waals surface area contributed by atoms with Crippen molar-refractivity contribution < 1.29 is 30.5 Å². The third-order valence-electron chi connectivity index (χ3n) is 14.2. The van der Waals surface area contributed by atoms with Crippen molar-refractivity contribution in [1.29, 1.82) is 0 Å². The quantitative estimate of drug-likeness (QED) is 0.121. The van der Waals surface area contributed by atoms with Crippen LogP contribution in [0.4, 0.5) is 22.7 Å². The van der Waals surface area contributed by atoms with Crippen LogP contribution in [-0.2, 0) is 26.5 Å². The van der Waals surface area contributed by atoms with Gasteiger partial charge in [0.2, 0.25) is 0 Å². The Morgan fingerprint density at radius 3 is 1.60 bits per heavy atom. The monoisotopic (exact) mass is 1170 g/mol. The Morgan fingerprint density at radius 1 is 0.455 bits per heavy atom. The zero-order valence-corrected chi connectivity index (χ0v) is 44.9. The van der Waals surface area contributed by atoms with Gasteiger partial charge in [-0.1, -0.05) is 196 Å². The summed E-state index contributed by atoms with van der Waals surface area (Å²) < 4.78 is 16.0. The Hall–Kier alpha value is -8.96. The predicted octanol–water partition coefficient (Wildman–Crippen LogP) is 18.7. The summed E-state index contributed by atoms with van der Waals surface area (Å²) in [4.78, 5) is 9.49. The molecule has 0 amide bonds. The fraction of sp³-hybridized carbons (Fsp3) is 0.0571. The Kier molecular flexibility index (Phi) is 13.1. The van der Waals surface area contributed by atoms with Crippen LogP contribution in [-0.4, -0.2) is 9.55 Å².